The molecule has 0 amide bonds. The van der Waals surface area contributed by atoms with Crippen molar-refractivity contribution in [2.75, 3.05) is 0 Å². The summed E-state index contributed by atoms with van der Waals surface area (Å²) in [6.07, 6.45) is 1.84. The van der Waals surface area contributed by atoms with Crippen LogP contribution < -0.4 is 0 Å². The molecule has 0 aliphatic heterocycles. The molecule has 0 aromatic heterocycles. The van der Waals surface area contributed by atoms with Crippen LogP contribution >= 0.6 is 27.5 Å². The molecule has 1 aliphatic rings. The number of carbonyl (C=O) groups excluding carboxylic acids is 1. The Hall–Kier alpha value is 0.180. The quantitative estimate of drug-likeness (QED) is 0.658. The molecule has 0 aromatic rings. The van der Waals surface area contributed by atoms with Gasteiger partial charge in [0.25, 0.3) is 0 Å². The summed E-state index contributed by atoms with van der Waals surface area (Å²) in [5, 5.41) is -0.213. The SMILES string of the molecule is CC1=C(Br)C(C)(C)C(C(=O)Cl)CC1. The van der Waals surface area contributed by atoms with Gasteiger partial charge in [-0.2, -0.15) is 0 Å². The van der Waals surface area contributed by atoms with Gasteiger partial charge in [0.2, 0.25) is 5.24 Å². The minimum Gasteiger partial charge on any atom is -0.281 e. The van der Waals surface area contributed by atoms with E-state index in [0.717, 1.165) is 17.3 Å². The van der Waals surface area contributed by atoms with Gasteiger partial charge in [0.1, 0.15) is 0 Å². The van der Waals surface area contributed by atoms with Crippen molar-refractivity contribution >= 4 is 32.8 Å². The maximum atomic E-state index is 11.2. The number of carbonyl (C=O) groups is 1. The van der Waals surface area contributed by atoms with Crippen molar-refractivity contribution in [3.8, 4) is 0 Å². The molecule has 1 rings (SSSR count). The summed E-state index contributed by atoms with van der Waals surface area (Å²) >= 11 is 9.12. The molecule has 0 saturated carbocycles. The Morgan fingerprint density at radius 2 is 2.15 bits per heavy atom. The van der Waals surface area contributed by atoms with Crippen molar-refractivity contribution in [2.45, 2.75) is 33.6 Å². The Morgan fingerprint density at radius 1 is 1.62 bits per heavy atom. The first-order chi connectivity index (χ1) is 5.87. The van der Waals surface area contributed by atoms with Gasteiger partial charge in [-0.05, 0) is 31.4 Å². The average molecular weight is 266 g/mol. The van der Waals surface area contributed by atoms with E-state index in [0.29, 0.717) is 0 Å². The molecule has 0 radical (unpaired) electrons. The molecule has 0 fully saturated rings. The van der Waals surface area contributed by atoms with Crippen molar-refractivity contribution < 1.29 is 4.79 Å². The highest BCUT2D eigenvalue weighted by Crippen LogP contribution is 2.48. The molecule has 1 nitrogen and oxygen atoms in total. The zero-order valence-corrected chi connectivity index (χ0v) is 10.5. The van der Waals surface area contributed by atoms with Crippen LogP contribution in [0.1, 0.15) is 33.6 Å². The molecule has 0 N–H and O–H groups in total. The molecule has 0 aromatic carbocycles. The lowest BCUT2D eigenvalue weighted by atomic mass is 9.71. The van der Waals surface area contributed by atoms with Crippen LogP contribution in [-0.2, 0) is 4.79 Å². The summed E-state index contributed by atoms with van der Waals surface area (Å²) in [5.41, 5.74) is 1.19. The zero-order chi connectivity index (χ0) is 10.2. The van der Waals surface area contributed by atoms with Crippen LogP contribution in [0.4, 0.5) is 0 Å². The van der Waals surface area contributed by atoms with E-state index in [1.807, 2.05) is 0 Å². The number of rotatable bonds is 1. The Morgan fingerprint density at radius 3 is 2.62 bits per heavy atom. The van der Waals surface area contributed by atoms with Gasteiger partial charge in [0.15, 0.2) is 0 Å². The topological polar surface area (TPSA) is 17.1 Å². The Bertz CT molecular complexity index is 268. The molecule has 1 aliphatic carbocycles. The van der Waals surface area contributed by atoms with Crippen LogP contribution in [0.15, 0.2) is 10.1 Å². The van der Waals surface area contributed by atoms with Crippen molar-refractivity contribution in [1.29, 1.82) is 0 Å². The number of allylic oxidation sites excluding steroid dienone is 2. The highest BCUT2D eigenvalue weighted by molar-refractivity contribution is 9.11. The van der Waals surface area contributed by atoms with E-state index in [9.17, 15) is 4.79 Å². The van der Waals surface area contributed by atoms with E-state index in [1.165, 1.54) is 5.57 Å². The lowest BCUT2D eigenvalue weighted by Crippen LogP contribution is -2.32. The zero-order valence-electron chi connectivity index (χ0n) is 8.16. The minimum atomic E-state index is -0.213. The molecule has 13 heavy (non-hydrogen) atoms. The fourth-order valence-electron chi connectivity index (χ4n) is 1.93. The second kappa shape index (κ2) is 3.74. The van der Waals surface area contributed by atoms with E-state index < -0.39 is 0 Å². The normalized spacial score (nSPS) is 27.6. The van der Waals surface area contributed by atoms with Crippen LogP contribution in [-0.4, -0.2) is 5.24 Å². The lowest BCUT2D eigenvalue weighted by molar-refractivity contribution is -0.118. The summed E-state index contributed by atoms with van der Waals surface area (Å²) in [6, 6.07) is 0. The third kappa shape index (κ3) is 1.99. The van der Waals surface area contributed by atoms with Gasteiger partial charge in [-0.3, -0.25) is 4.79 Å². The lowest BCUT2D eigenvalue weighted by Gasteiger charge is -2.37. The first-order valence-electron chi connectivity index (χ1n) is 4.42. The molecule has 0 saturated heterocycles. The van der Waals surface area contributed by atoms with Crippen LogP contribution in [0, 0.1) is 11.3 Å². The highest BCUT2D eigenvalue weighted by atomic mass is 79.9. The van der Waals surface area contributed by atoms with E-state index in [-0.39, 0.29) is 16.6 Å². The molecule has 3 heteroatoms. The molecule has 1 atom stereocenters. The summed E-state index contributed by atoms with van der Waals surface area (Å²) in [5.74, 6) is -0.0489. The summed E-state index contributed by atoms with van der Waals surface area (Å²) in [6.45, 7) is 6.22. The first kappa shape index (κ1) is 11.3. The van der Waals surface area contributed by atoms with E-state index in [2.05, 4.69) is 36.7 Å². The van der Waals surface area contributed by atoms with Crippen molar-refractivity contribution in [3.05, 3.63) is 10.1 Å². The third-order valence-corrected chi connectivity index (χ3v) is 4.86. The number of hydrogen-bond acceptors (Lipinski definition) is 1. The predicted molar refractivity (Wildman–Crippen MR) is 59.0 cm³/mol. The van der Waals surface area contributed by atoms with E-state index >= 15 is 0 Å². The third-order valence-electron chi connectivity index (χ3n) is 2.89. The van der Waals surface area contributed by atoms with Gasteiger partial charge >= 0.3 is 0 Å². The summed E-state index contributed by atoms with van der Waals surface area (Å²) in [7, 11) is 0. The van der Waals surface area contributed by atoms with Crippen LogP contribution in [0.5, 0.6) is 0 Å². The first-order valence-corrected chi connectivity index (χ1v) is 5.59. The number of hydrogen-bond donors (Lipinski definition) is 0. The van der Waals surface area contributed by atoms with Gasteiger partial charge in [-0.25, -0.2) is 0 Å². The fourth-order valence-corrected chi connectivity index (χ4v) is 2.79. The highest BCUT2D eigenvalue weighted by Gasteiger charge is 2.39. The fraction of sp³-hybridized carbons (Fsp3) is 0.700. The largest absolute Gasteiger partial charge is 0.281 e. The Kier molecular flexibility index (Phi) is 3.24. The Balaban J connectivity index is 3.05. The number of halogens is 2. The average Bonchev–Trinajstić information content (AvgIpc) is 1.99. The van der Waals surface area contributed by atoms with Crippen molar-refractivity contribution in [3.63, 3.8) is 0 Å². The molecule has 0 heterocycles. The predicted octanol–water partition coefficient (Wildman–Crippen LogP) is 3.86. The van der Waals surface area contributed by atoms with Gasteiger partial charge in [-0.15, -0.1) is 0 Å². The van der Waals surface area contributed by atoms with Gasteiger partial charge in [0.05, 0.1) is 0 Å². The maximum Gasteiger partial charge on any atom is 0.225 e. The molecule has 0 bridgehead atoms. The molecular formula is C10H14BrClO. The van der Waals surface area contributed by atoms with Crippen LogP contribution in [0.2, 0.25) is 0 Å². The second-order valence-corrected chi connectivity index (χ2v) is 5.38. The second-order valence-electron chi connectivity index (χ2n) is 4.21. The van der Waals surface area contributed by atoms with E-state index in [4.69, 9.17) is 11.6 Å². The standard InChI is InChI=1S/C10H14BrClO/c1-6-4-5-7(9(12)13)10(2,3)8(6)11/h7H,4-5H2,1-3H3. The minimum absolute atomic E-state index is 0.0489. The monoisotopic (exact) mass is 264 g/mol. The van der Waals surface area contributed by atoms with Gasteiger partial charge < -0.3 is 0 Å². The van der Waals surface area contributed by atoms with Crippen LogP contribution in [0.3, 0.4) is 0 Å². The van der Waals surface area contributed by atoms with Gasteiger partial charge in [-0.1, -0.05) is 35.4 Å². The molecule has 1 unspecified atom stereocenters. The smallest absolute Gasteiger partial charge is 0.225 e. The molecule has 0 spiro atoms. The van der Waals surface area contributed by atoms with Crippen molar-refractivity contribution in [1.82, 2.24) is 0 Å². The molecule has 74 valence electrons. The maximum absolute atomic E-state index is 11.2. The summed E-state index contributed by atoms with van der Waals surface area (Å²) in [4.78, 5) is 11.2. The van der Waals surface area contributed by atoms with E-state index in [1.54, 1.807) is 0 Å². The van der Waals surface area contributed by atoms with Gasteiger partial charge in [0, 0.05) is 15.8 Å². The molecular weight excluding hydrogens is 251 g/mol. The van der Waals surface area contributed by atoms with Crippen molar-refractivity contribution in [2.24, 2.45) is 11.3 Å². The van der Waals surface area contributed by atoms with Crippen LogP contribution in [0.25, 0.3) is 0 Å². The Labute approximate surface area is 92.7 Å². The summed E-state index contributed by atoms with van der Waals surface area (Å²) < 4.78 is 1.14.